The first-order chi connectivity index (χ1) is 7.70. The van der Waals surface area contributed by atoms with Crippen LogP contribution in [0, 0.1) is 5.92 Å². The second-order valence-corrected chi connectivity index (χ2v) is 5.69. The molecule has 1 aliphatic heterocycles. The lowest BCUT2D eigenvalue weighted by atomic mass is 9.92. The maximum Gasteiger partial charge on any atom is 0.309 e. The number of piperidine rings is 1. The molecule has 0 aromatic rings. The van der Waals surface area contributed by atoms with E-state index in [0.29, 0.717) is 19.4 Å². The highest BCUT2D eigenvalue weighted by Crippen LogP contribution is 2.25. The zero-order valence-electron chi connectivity index (χ0n) is 10.4. The Bertz CT molecular complexity index is 314. The molecule has 2 atom stereocenters. The number of halogens is 1. The van der Waals surface area contributed by atoms with Crippen molar-refractivity contribution in [3.8, 4) is 0 Å². The molecule has 0 saturated carbocycles. The number of carbonyl (C=O) groups excluding carboxylic acids is 2. The van der Waals surface area contributed by atoms with E-state index in [1.165, 1.54) is 5.01 Å². The second kappa shape index (κ2) is 5.33. The summed E-state index contributed by atoms with van der Waals surface area (Å²) in [7, 11) is 0. The molecule has 1 heterocycles. The minimum absolute atomic E-state index is 0.284. The average molecular weight is 263 g/mol. The fourth-order valence-corrected chi connectivity index (χ4v) is 2.02. The molecule has 1 fully saturated rings. The SMILES string of the molecule is CC(C)(C)OC(=O)C1CCN(N)C(C(=O)Cl)C1. The van der Waals surface area contributed by atoms with Crippen molar-refractivity contribution < 1.29 is 14.3 Å². The van der Waals surface area contributed by atoms with Crippen molar-refractivity contribution >= 4 is 22.8 Å². The molecule has 2 unspecified atom stereocenters. The molecule has 0 spiro atoms. The standard InChI is InChI=1S/C11H19ClN2O3/c1-11(2,3)17-10(16)7-4-5-14(13)8(6-7)9(12)15/h7-8H,4-6,13H2,1-3H3. The lowest BCUT2D eigenvalue weighted by Crippen LogP contribution is -2.51. The van der Waals surface area contributed by atoms with Gasteiger partial charge < -0.3 is 4.74 Å². The van der Waals surface area contributed by atoms with E-state index in [2.05, 4.69) is 0 Å². The van der Waals surface area contributed by atoms with E-state index in [1.807, 2.05) is 20.8 Å². The van der Waals surface area contributed by atoms with E-state index in [-0.39, 0.29) is 11.9 Å². The number of esters is 1. The molecule has 0 bridgehead atoms. The van der Waals surface area contributed by atoms with Crippen LogP contribution >= 0.6 is 11.6 Å². The first-order valence-electron chi connectivity index (χ1n) is 5.64. The monoisotopic (exact) mass is 262 g/mol. The molecular formula is C11H19ClN2O3. The number of hydrogen-bond acceptors (Lipinski definition) is 5. The number of nitrogens with two attached hydrogens (primary N) is 1. The summed E-state index contributed by atoms with van der Waals surface area (Å²) in [6, 6.07) is -0.595. The van der Waals surface area contributed by atoms with Crippen molar-refractivity contribution in [1.29, 1.82) is 0 Å². The Morgan fingerprint density at radius 3 is 2.47 bits per heavy atom. The van der Waals surface area contributed by atoms with Gasteiger partial charge in [0.2, 0.25) is 5.24 Å². The number of hydrazine groups is 1. The van der Waals surface area contributed by atoms with Gasteiger partial charge in [-0.25, -0.2) is 5.01 Å². The van der Waals surface area contributed by atoms with E-state index in [0.717, 1.165) is 0 Å². The number of nitrogens with zero attached hydrogens (tertiary/aromatic N) is 1. The Morgan fingerprint density at radius 2 is 2.00 bits per heavy atom. The lowest BCUT2D eigenvalue weighted by molar-refractivity contribution is -0.162. The molecule has 1 rings (SSSR count). The Morgan fingerprint density at radius 1 is 1.41 bits per heavy atom. The number of carbonyl (C=O) groups is 2. The van der Waals surface area contributed by atoms with Crippen LogP contribution in [0.4, 0.5) is 0 Å². The summed E-state index contributed by atoms with van der Waals surface area (Å²) in [6.07, 6.45) is 0.916. The van der Waals surface area contributed by atoms with Crippen molar-refractivity contribution in [2.45, 2.75) is 45.3 Å². The van der Waals surface area contributed by atoms with Crippen LogP contribution in [0.25, 0.3) is 0 Å². The minimum Gasteiger partial charge on any atom is -0.460 e. The van der Waals surface area contributed by atoms with E-state index in [4.69, 9.17) is 22.2 Å². The molecule has 0 aromatic heterocycles. The minimum atomic E-state index is -0.595. The van der Waals surface area contributed by atoms with Gasteiger partial charge in [0.15, 0.2) is 0 Å². The van der Waals surface area contributed by atoms with Crippen LogP contribution in [-0.4, -0.2) is 34.4 Å². The Labute approximate surface area is 106 Å². The zero-order chi connectivity index (χ0) is 13.2. The van der Waals surface area contributed by atoms with Crippen LogP contribution in [0.1, 0.15) is 33.6 Å². The number of ether oxygens (including phenoxy) is 1. The van der Waals surface area contributed by atoms with E-state index in [1.54, 1.807) is 0 Å². The first-order valence-corrected chi connectivity index (χ1v) is 6.02. The summed E-state index contributed by atoms with van der Waals surface area (Å²) >= 11 is 5.44. The largest absolute Gasteiger partial charge is 0.460 e. The summed E-state index contributed by atoms with van der Waals surface area (Å²) in [5.74, 6) is 5.06. The summed E-state index contributed by atoms with van der Waals surface area (Å²) in [6.45, 7) is 5.90. The van der Waals surface area contributed by atoms with Crippen LogP contribution in [-0.2, 0) is 14.3 Å². The van der Waals surface area contributed by atoms with E-state index < -0.39 is 16.9 Å². The van der Waals surface area contributed by atoms with Gasteiger partial charge in [0.05, 0.1) is 12.0 Å². The van der Waals surface area contributed by atoms with Gasteiger partial charge >= 0.3 is 5.97 Å². The van der Waals surface area contributed by atoms with Gasteiger partial charge in [-0.05, 0) is 45.2 Å². The lowest BCUT2D eigenvalue weighted by Gasteiger charge is -2.34. The fourth-order valence-electron chi connectivity index (χ4n) is 1.81. The molecule has 5 nitrogen and oxygen atoms in total. The molecule has 0 radical (unpaired) electrons. The maximum atomic E-state index is 11.9. The van der Waals surface area contributed by atoms with Crippen LogP contribution in [0.3, 0.4) is 0 Å². The van der Waals surface area contributed by atoms with Gasteiger partial charge in [0.1, 0.15) is 5.60 Å². The Kier molecular flexibility index (Phi) is 4.52. The van der Waals surface area contributed by atoms with Crippen molar-refractivity contribution in [3.05, 3.63) is 0 Å². The smallest absolute Gasteiger partial charge is 0.309 e. The van der Waals surface area contributed by atoms with Gasteiger partial charge in [0.25, 0.3) is 0 Å². The van der Waals surface area contributed by atoms with Crippen molar-refractivity contribution in [2.75, 3.05) is 6.54 Å². The highest BCUT2D eigenvalue weighted by Gasteiger charge is 2.36. The Balaban J connectivity index is 2.62. The highest BCUT2D eigenvalue weighted by atomic mass is 35.5. The molecule has 0 amide bonds. The van der Waals surface area contributed by atoms with Crippen LogP contribution in [0.5, 0.6) is 0 Å². The maximum absolute atomic E-state index is 11.9. The topological polar surface area (TPSA) is 72.6 Å². The molecule has 6 heteroatoms. The van der Waals surface area contributed by atoms with E-state index in [9.17, 15) is 9.59 Å². The summed E-state index contributed by atoms with van der Waals surface area (Å²) in [4.78, 5) is 23.0. The van der Waals surface area contributed by atoms with Gasteiger partial charge in [-0.15, -0.1) is 0 Å². The van der Waals surface area contributed by atoms with Crippen molar-refractivity contribution in [1.82, 2.24) is 5.01 Å². The quantitative estimate of drug-likeness (QED) is 0.457. The average Bonchev–Trinajstić information content (AvgIpc) is 2.14. The first kappa shape index (κ1) is 14.4. The third kappa shape index (κ3) is 4.26. The Hall–Kier alpha value is -0.650. The number of hydrogen-bond donors (Lipinski definition) is 1. The molecule has 0 aromatic carbocycles. The van der Waals surface area contributed by atoms with Gasteiger partial charge in [-0.1, -0.05) is 0 Å². The molecule has 1 aliphatic rings. The van der Waals surface area contributed by atoms with Gasteiger partial charge in [-0.3, -0.25) is 15.4 Å². The molecule has 1 saturated heterocycles. The molecule has 98 valence electrons. The van der Waals surface area contributed by atoms with Crippen LogP contribution in [0.2, 0.25) is 0 Å². The molecule has 17 heavy (non-hydrogen) atoms. The van der Waals surface area contributed by atoms with E-state index >= 15 is 0 Å². The molecule has 2 N–H and O–H groups in total. The molecule has 0 aliphatic carbocycles. The third-order valence-electron chi connectivity index (χ3n) is 2.65. The summed E-state index contributed by atoms with van der Waals surface area (Å²) in [5, 5.41) is 0.858. The van der Waals surface area contributed by atoms with Crippen LogP contribution in [0.15, 0.2) is 0 Å². The predicted molar refractivity (Wildman–Crippen MR) is 64.1 cm³/mol. The second-order valence-electron chi connectivity index (χ2n) is 5.31. The molecular weight excluding hydrogens is 244 g/mol. The summed E-state index contributed by atoms with van der Waals surface area (Å²) < 4.78 is 5.29. The van der Waals surface area contributed by atoms with Gasteiger partial charge in [-0.2, -0.15) is 0 Å². The van der Waals surface area contributed by atoms with Crippen molar-refractivity contribution in [3.63, 3.8) is 0 Å². The normalized spacial score (nSPS) is 26.6. The fraction of sp³-hybridized carbons (Fsp3) is 0.818. The van der Waals surface area contributed by atoms with Crippen molar-refractivity contribution in [2.24, 2.45) is 11.8 Å². The van der Waals surface area contributed by atoms with Gasteiger partial charge in [0, 0.05) is 6.54 Å². The zero-order valence-corrected chi connectivity index (χ0v) is 11.2. The predicted octanol–water partition coefficient (Wildman–Crippen LogP) is 1.05. The van der Waals surface area contributed by atoms with Crippen LogP contribution < -0.4 is 5.84 Å². The third-order valence-corrected chi connectivity index (χ3v) is 2.90. The number of rotatable bonds is 2. The highest BCUT2D eigenvalue weighted by molar-refractivity contribution is 6.64. The summed E-state index contributed by atoms with van der Waals surface area (Å²) in [5.41, 5.74) is -0.516.